The number of likely N-dealkylation sites (N-methyl/N-ethyl adjacent to an activating group) is 1. The summed E-state index contributed by atoms with van der Waals surface area (Å²) in [5, 5.41) is 0. The number of fused-ring (bicyclic) bond motifs is 1. The fourth-order valence-corrected chi connectivity index (χ4v) is 2.32. The molecule has 0 saturated heterocycles. The Balaban J connectivity index is 2.50. The molecule has 2 rings (SSSR count). The quantitative estimate of drug-likeness (QED) is 0.811. The van der Waals surface area contributed by atoms with Gasteiger partial charge < -0.3 is 16.4 Å². The van der Waals surface area contributed by atoms with E-state index in [1.165, 1.54) is 0 Å². The molecular formula is C14H20N4O. The van der Waals surface area contributed by atoms with Gasteiger partial charge in [-0.05, 0) is 19.9 Å². The van der Waals surface area contributed by atoms with Gasteiger partial charge in [0.25, 0.3) is 0 Å². The highest BCUT2D eigenvalue weighted by atomic mass is 16.1. The van der Waals surface area contributed by atoms with Crippen LogP contribution in [-0.4, -0.2) is 36.8 Å². The van der Waals surface area contributed by atoms with Gasteiger partial charge in [0.2, 0.25) is 0 Å². The van der Waals surface area contributed by atoms with Crippen LogP contribution in [0.4, 0.5) is 5.69 Å². The lowest BCUT2D eigenvalue weighted by atomic mass is 10.0. The van der Waals surface area contributed by atoms with E-state index < -0.39 is 18.2 Å². The number of hydrogen-bond donors (Lipinski definition) is 2. The molecule has 4 N–H and O–H groups in total. The van der Waals surface area contributed by atoms with Gasteiger partial charge in [-0.15, -0.1) is 0 Å². The molecule has 2 unspecified atom stereocenters. The largest absolute Gasteiger partial charge is 0.356 e. The summed E-state index contributed by atoms with van der Waals surface area (Å²) in [6.07, 6.45) is -0.503. The third-order valence-corrected chi connectivity index (χ3v) is 3.52. The lowest BCUT2D eigenvalue weighted by Gasteiger charge is -2.29. The van der Waals surface area contributed by atoms with E-state index in [4.69, 9.17) is 11.5 Å². The van der Waals surface area contributed by atoms with Crippen LogP contribution in [-0.2, 0) is 4.79 Å². The van der Waals surface area contributed by atoms with Gasteiger partial charge in [-0.2, -0.15) is 0 Å². The van der Waals surface area contributed by atoms with Crippen molar-refractivity contribution in [1.82, 2.24) is 0 Å². The van der Waals surface area contributed by atoms with E-state index in [1.54, 1.807) is 6.92 Å². The fourth-order valence-electron chi connectivity index (χ4n) is 2.32. The van der Waals surface area contributed by atoms with Crippen LogP contribution >= 0.6 is 0 Å². The van der Waals surface area contributed by atoms with Crippen molar-refractivity contribution in [3.63, 3.8) is 0 Å². The van der Waals surface area contributed by atoms with Gasteiger partial charge >= 0.3 is 0 Å². The Bertz CT molecular complexity index is 524. The van der Waals surface area contributed by atoms with Crippen molar-refractivity contribution in [3.8, 4) is 0 Å². The smallest absolute Gasteiger partial charge is 0.177 e. The van der Waals surface area contributed by atoms with Gasteiger partial charge in [0.15, 0.2) is 5.78 Å². The molecule has 1 aromatic rings. The fraction of sp³-hybridized carbons (Fsp3) is 0.429. The maximum atomic E-state index is 12.2. The van der Waals surface area contributed by atoms with E-state index in [9.17, 15) is 4.79 Å². The Labute approximate surface area is 113 Å². The second-order valence-corrected chi connectivity index (χ2v) is 4.97. The van der Waals surface area contributed by atoms with Crippen LogP contribution in [0.2, 0.25) is 0 Å². The molecule has 1 aliphatic heterocycles. The molecule has 0 bridgehead atoms. The van der Waals surface area contributed by atoms with Crippen LogP contribution in [0.15, 0.2) is 29.3 Å². The Hall–Kier alpha value is -1.72. The Morgan fingerprint density at radius 1 is 1.42 bits per heavy atom. The molecule has 0 aromatic heterocycles. The summed E-state index contributed by atoms with van der Waals surface area (Å²) in [6, 6.07) is 6.66. The van der Waals surface area contributed by atoms with Crippen molar-refractivity contribution in [2.24, 2.45) is 16.5 Å². The average molecular weight is 260 g/mol. The molecule has 5 heteroatoms. The van der Waals surface area contributed by atoms with E-state index in [1.807, 2.05) is 43.1 Å². The first-order valence-corrected chi connectivity index (χ1v) is 6.35. The molecule has 3 atom stereocenters. The monoisotopic (exact) mass is 260 g/mol. The third-order valence-electron chi connectivity index (χ3n) is 3.52. The number of aliphatic imine (C=N–C) groups is 1. The van der Waals surface area contributed by atoms with Crippen LogP contribution in [0.3, 0.4) is 0 Å². The van der Waals surface area contributed by atoms with Gasteiger partial charge in [0.05, 0.1) is 6.04 Å². The van der Waals surface area contributed by atoms with Crippen molar-refractivity contribution in [3.05, 3.63) is 29.8 Å². The summed E-state index contributed by atoms with van der Waals surface area (Å²) in [6.45, 7) is 3.56. The van der Waals surface area contributed by atoms with Crippen molar-refractivity contribution < 1.29 is 4.79 Å². The molecule has 0 aliphatic carbocycles. The molecule has 5 nitrogen and oxygen atoms in total. The number of hydrogen-bond acceptors (Lipinski definition) is 5. The second-order valence-electron chi connectivity index (χ2n) is 4.97. The number of benzodiazepines with no additional fused rings is 1. The molecule has 0 radical (unpaired) electrons. The second kappa shape index (κ2) is 5.11. The van der Waals surface area contributed by atoms with E-state index in [0.717, 1.165) is 17.0 Å². The maximum absolute atomic E-state index is 12.2. The number of nitrogens with two attached hydrogens (primary N) is 2. The number of benzene rings is 1. The van der Waals surface area contributed by atoms with Gasteiger partial charge in [-0.25, -0.2) is 0 Å². The van der Waals surface area contributed by atoms with Crippen LogP contribution in [0.5, 0.6) is 0 Å². The van der Waals surface area contributed by atoms with Gasteiger partial charge in [0, 0.05) is 24.0 Å². The zero-order valence-corrected chi connectivity index (χ0v) is 11.5. The van der Waals surface area contributed by atoms with Crippen molar-refractivity contribution in [2.45, 2.75) is 32.1 Å². The topological polar surface area (TPSA) is 84.7 Å². The Morgan fingerprint density at radius 3 is 2.68 bits per heavy atom. The zero-order chi connectivity index (χ0) is 14.2. The number of nitrogens with zero attached hydrogens (tertiary/aromatic N) is 2. The van der Waals surface area contributed by atoms with E-state index in [-0.39, 0.29) is 5.78 Å². The van der Waals surface area contributed by atoms with Gasteiger partial charge in [0.1, 0.15) is 12.2 Å². The highest BCUT2D eigenvalue weighted by molar-refractivity contribution is 6.06. The number of carbonyl (C=O) groups excluding carboxylic acids is 1. The SMILES string of the molecule is CC1=NC(C(=O)[C@H](C)N)C(N)N(C)c2ccccc21. The van der Waals surface area contributed by atoms with Crippen molar-refractivity contribution >= 4 is 17.2 Å². The van der Waals surface area contributed by atoms with E-state index >= 15 is 0 Å². The Kier molecular flexibility index (Phi) is 3.68. The van der Waals surface area contributed by atoms with Crippen LogP contribution < -0.4 is 16.4 Å². The summed E-state index contributed by atoms with van der Waals surface area (Å²) in [7, 11) is 1.87. The molecular weight excluding hydrogens is 240 g/mol. The number of ketones is 1. The van der Waals surface area contributed by atoms with E-state index in [2.05, 4.69) is 4.99 Å². The minimum Gasteiger partial charge on any atom is -0.356 e. The number of para-hydroxylation sites is 1. The average Bonchev–Trinajstić information content (AvgIpc) is 2.49. The van der Waals surface area contributed by atoms with E-state index in [0.29, 0.717) is 0 Å². The summed E-state index contributed by atoms with van der Waals surface area (Å²) < 4.78 is 0. The molecule has 0 fully saturated rings. The summed E-state index contributed by atoms with van der Waals surface area (Å²) in [5.41, 5.74) is 14.7. The first-order chi connectivity index (χ1) is 8.93. The van der Waals surface area contributed by atoms with Crippen molar-refractivity contribution in [1.29, 1.82) is 0 Å². The van der Waals surface area contributed by atoms with Crippen LogP contribution in [0.1, 0.15) is 19.4 Å². The standard InChI is InChI=1S/C14H20N4O/c1-8(15)13(19)12-14(16)18(3)11-7-5-4-6-10(11)9(2)17-12/h4-8,12,14H,15-16H2,1-3H3/t8-,12?,14?/m0/s1. The molecule has 1 heterocycles. The zero-order valence-electron chi connectivity index (χ0n) is 11.5. The lowest BCUT2D eigenvalue weighted by Crippen LogP contribution is -2.53. The molecule has 1 aromatic carbocycles. The highest BCUT2D eigenvalue weighted by Gasteiger charge is 2.33. The van der Waals surface area contributed by atoms with Crippen molar-refractivity contribution in [2.75, 3.05) is 11.9 Å². The highest BCUT2D eigenvalue weighted by Crippen LogP contribution is 2.26. The molecule has 102 valence electrons. The predicted molar refractivity (Wildman–Crippen MR) is 77.5 cm³/mol. The first-order valence-electron chi connectivity index (χ1n) is 6.35. The number of rotatable bonds is 2. The molecule has 0 spiro atoms. The normalized spacial score (nSPS) is 24.3. The summed E-state index contributed by atoms with van der Waals surface area (Å²) >= 11 is 0. The number of anilines is 1. The van der Waals surface area contributed by atoms with Crippen LogP contribution in [0, 0.1) is 0 Å². The molecule has 0 saturated carbocycles. The minimum absolute atomic E-state index is 0.133. The third kappa shape index (κ3) is 2.39. The van der Waals surface area contributed by atoms with Gasteiger partial charge in [-0.3, -0.25) is 9.79 Å². The molecule has 1 aliphatic rings. The number of carbonyl (C=O) groups is 1. The Morgan fingerprint density at radius 2 is 2.05 bits per heavy atom. The minimum atomic E-state index is -0.627. The molecule has 19 heavy (non-hydrogen) atoms. The van der Waals surface area contributed by atoms with Gasteiger partial charge in [-0.1, -0.05) is 18.2 Å². The maximum Gasteiger partial charge on any atom is 0.177 e. The molecule has 0 amide bonds. The predicted octanol–water partition coefficient (Wildman–Crippen LogP) is 0.515. The summed E-state index contributed by atoms with van der Waals surface area (Å²) in [4.78, 5) is 18.5. The first kappa shape index (κ1) is 13.7. The summed E-state index contributed by atoms with van der Waals surface area (Å²) in [5.74, 6) is -0.133. The van der Waals surface area contributed by atoms with Crippen LogP contribution in [0.25, 0.3) is 0 Å². The lowest BCUT2D eigenvalue weighted by molar-refractivity contribution is -0.121. The number of Topliss-reactive ketones (excluding diaryl/α,β-unsaturated/α-hetero) is 1.